The van der Waals surface area contributed by atoms with Crippen LogP contribution in [0.3, 0.4) is 0 Å². The van der Waals surface area contributed by atoms with Crippen molar-refractivity contribution in [2.45, 2.75) is 18.8 Å². The number of hydrogen-bond acceptors (Lipinski definition) is 4. The van der Waals surface area contributed by atoms with Gasteiger partial charge < -0.3 is 9.88 Å². The predicted octanol–water partition coefficient (Wildman–Crippen LogP) is 4.12. The molecule has 4 rings (SSSR count). The second-order valence-electron chi connectivity index (χ2n) is 5.65. The molecule has 1 aliphatic heterocycles. The number of para-hydroxylation sites is 1. The van der Waals surface area contributed by atoms with Gasteiger partial charge >= 0.3 is 0 Å². The number of benzene rings is 1. The first-order chi connectivity index (χ1) is 11.8. The molecule has 0 amide bonds. The van der Waals surface area contributed by atoms with Gasteiger partial charge in [-0.3, -0.25) is 9.78 Å². The van der Waals surface area contributed by atoms with Crippen LogP contribution < -0.4 is 5.32 Å². The number of nitrogens with one attached hydrogen (secondary N) is 1. The van der Waals surface area contributed by atoms with Crippen LogP contribution in [0, 0.1) is 0 Å². The Hall–Kier alpha value is -2.53. The summed E-state index contributed by atoms with van der Waals surface area (Å²) in [5.74, 6) is 0.0392. The number of allylic oxidation sites excluding steroid dienone is 1. The van der Waals surface area contributed by atoms with Crippen molar-refractivity contribution in [2.75, 3.05) is 0 Å². The van der Waals surface area contributed by atoms with Crippen molar-refractivity contribution in [2.24, 2.45) is 0 Å². The van der Waals surface area contributed by atoms with Gasteiger partial charge in [0.2, 0.25) is 5.78 Å². The summed E-state index contributed by atoms with van der Waals surface area (Å²) in [6, 6.07) is 12.0. The van der Waals surface area contributed by atoms with Crippen LogP contribution in [0.5, 0.6) is 0 Å². The van der Waals surface area contributed by atoms with Crippen molar-refractivity contribution in [3.05, 3.63) is 77.2 Å². The average Bonchev–Trinajstić information content (AvgIpc) is 3.27. The molecule has 0 aliphatic carbocycles. The van der Waals surface area contributed by atoms with Crippen molar-refractivity contribution in [1.82, 2.24) is 14.9 Å². The number of ketones is 1. The third-order valence-corrected chi connectivity index (χ3v) is 5.25. The number of rotatable bonds is 4. The summed E-state index contributed by atoms with van der Waals surface area (Å²) < 4.78 is 2.11. The molecule has 1 N–H and O–H groups in total. The predicted molar refractivity (Wildman–Crippen MR) is 97.7 cm³/mol. The maximum atomic E-state index is 13.0. The summed E-state index contributed by atoms with van der Waals surface area (Å²) in [4.78, 5) is 17.1. The molecule has 3 aromatic rings. The number of aromatic nitrogens is 2. The third-order valence-electron chi connectivity index (χ3n) is 4.21. The maximum Gasteiger partial charge on any atom is 0.211 e. The highest BCUT2D eigenvalue weighted by molar-refractivity contribution is 8.02. The summed E-state index contributed by atoms with van der Waals surface area (Å²) in [5.41, 5.74) is 3.56. The number of carbonyl (C=O) groups excluding carboxylic acids is 1. The van der Waals surface area contributed by atoms with Crippen LogP contribution in [0.25, 0.3) is 10.9 Å². The highest BCUT2D eigenvalue weighted by atomic mass is 32.2. The fourth-order valence-electron chi connectivity index (χ4n) is 2.99. The Morgan fingerprint density at radius 2 is 2.17 bits per heavy atom. The topological polar surface area (TPSA) is 46.9 Å². The third kappa shape index (κ3) is 2.51. The van der Waals surface area contributed by atoms with Crippen LogP contribution in [0.4, 0.5) is 0 Å². The number of thioether (sulfide) groups is 1. The summed E-state index contributed by atoms with van der Waals surface area (Å²) in [7, 11) is 0. The number of Topliss-reactive ketones (excluding diaryl/α,β-unsaturated/α-hetero) is 1. The summed E-state index contributed by atoms with van der Waals surface area (Å²) in [5, 5.41) is 6.28. The normalized spacial score (nSPS) is 16.9. The maximum absolute atomic E-state index is 13.0. The molecule has 0 saturated heterocycles. The second kappa shape index (κ2) is 6.17. The summed E-state index contributed by atoms with van der Waals surface area (Å²) in [6.45, 7) is 2.93. The molecule has 2 aromatic heterocycles. The minimum Gasteiger partial charge on any atom is -0.366 e. The molecule has 24 heavy (non-hydrogen) atoms. The van der Waals surface area contributed by atoms with Gasteiger partial charge in [-0.1, -0.05) is 24.3 Å². The van der Waals surface area contributed by atoms with Gasteiger partial charge in [0.25, 0.3) is 0 Å². The second-order valence-corrected chi connectivity index (χ2v) is 6.63. The van der Waals surface area contributed by atoms with E-state index in [0.29, 0.717) is 5.70 Å². The first kappa shape index (κ1) is 15.0. The van der Waals surface area contributed by atoms with Crippen LogP contribution in [0.2, 0.25) is 0 Å². The lowest BCUT2D eigenvalue weighted by molar-refractivity contribution is 0.102. The lowest BCUT2D eigenvalue weighted by Gasteiger charge is -2.12. The van der Waals surface area contributed by atoms with Crippen LogP contribution in [0.1, 0.15) is 28.2 Å². The Labute approximate surface area is 144 Å². The molecular formula is C19H17N3OS. The number of aryl methyl sites for hydroxylation is 1. The number of carbonyl (C=O) groups is 1. The van der Waals surface area contributed by atoms with Gasteiger partial charge in [-0.2, -0.15) is 0 Å². The zero-order chi connectivity index (χ0) is 16.5. The molecule has 1 atom stereocenters. The van der Waals surface area contributed by atoms with E-state index in [1.807, 2.05) is 48.1 Å². The quantitative estimate of drug-likeness (QED) is 0.729. The van der Waals surface area contributed by atoms with E-state index in [0.717, 1.165) is 28.6 Å². The summed E-state index contributed by atoms with van der Waals surface area (Å²) >= 11 is 1.60. The molecule has 0 fully saturated rings. The molecule has 4 nitrogen and oxygen atoms in total. The van der Waals surface area contributed by atoms with Gasteiger partial charge in [0.05, 0.1) is 5.70 Å². The van der Waals surface area contributed by atoms with Crippen LogP contribution in [0.15, 0.2) is 66.1 Å². The Morgan fingerprint density at radius 1 is 1.29 bits per heavy atom. The van der Waals surface area contributed by atoms with E-state index in [-0.39, 0.29) is 11.2 Å². The van der Waals surface area contributed by atoms with Gasteiger partial charge in [-0.05, 0) is 19.1 Å². The number of nitrogens with zero attached hydrogens (tertiary/aromatic N) is 2. The van der Waals surface area contributed by atoms with Crippen LogP contribution in [-0.2, 0) is 6.54 Å². The molecule has 3 heterocycles. The highest BCUT2D eigenvalue weighted by Crippen LogP contribution is 2.35. The van der Waals surface area contributed by atoms with Gasteiger partial charge in [-0.25, -0.2) is 0 Å². The highest BCUT2D eigenvalue weighted by Gasteiger charge is 2.25. The molecule has 120 valence electrons. The zero-order valence-electron chi connectivity index (χ0n) is 13.3. The molecule has 1 aliphatic rings. The van der Waals surface area contributed by atoms with E-state index >= 15 is 0 Å². The zero-order valence-corrected chi connectivity index (χ0v) is 14.1. The number of fused-ring (bicyclic) bond motifs is 1. The van der Waals surface area contributed by atoms with E-state index in [1.54, 1.807) is 18.0 Å². The minimum atomic E-state index is 0.0391. The number of hydrogen-bond donors (Lipinski definition) is 1. The summed E-state index contributed by atoms with van der Waals surface area (Å²) in [6.07, 6.45) is 5.54. The Morgan fingerprint density at radius 3 is 2.96 bits per heavy atom. The lowest BCUT2D eigenvalue weighted by atomic mass is 10.1. The SMILES string of the molecule is CCn1cc(C(=O)C2=CSC(c3cccnc3)N2)c2ccccc21. The van der Waals surface area contributed by atoms with Gasteiger partial charge in [0, 0.05) is 52.6 Å². The molecule has 0 bridgehead atoms. The van der Waals surface area contributed by atoms with Crippen molar-refractivity contribution < 1.29 is 4.79 Å². The van der Waals surface area contributed by atoms with Gasteiger partial charge in [0.15, 0.2) is 0 Å². The minimum absolute atomic E-state index is 0.0391. The largest absolute Gasteiger partial charge is 0.366 e. The first-order valence-electron chi connectivity index (χ1n) is 7.92. The Kier molecular flexibility index (Phi) is 3.86. The van der Waals surface area contributed by atoms with E-state index in [1.165, 1.54) is 0 Å². The van der Waals surface area contributed by atoms with Crippen molar-refractivity contribution in [3.8, 4) is 0 Å². The Bertz CT molecular complexity index is 930. The van der Waals surface area contributed by atoms with E-state index < -0.39 is 0 Å². The van der Waals surface area contributed by atoms with Crippen molar-refractivity contribution in [1.29, 1.82) is 0 Å². The molecular weight excluding hydrogens is 318 g/mol. The average molecular weight is 335 g/mol. The lowest BCUT2D eigenvalue weighted by Crippen LogP contribution is -2.19. The standard InChI is InChI=1S/C19H17N3OS/c1-2-22-11-15(14-7-3-4-8-17(14)22)18(23)16-12-24-19(21-16)13-6-5-9-20-10-13/h3-12,19,21H,2H2,1H3. The van der Waals surface area contributed by atoms with E-state index in [4.69, 9.17) is 0 Å². The molecule has 1 unspecified atom stereocenters. The van der Waals surface area contributed by atoms with Crippen LogP contribution >= 0.6 is 11.8 Å². The molecule has 0 saturated carbocycles. The molecule has 5 heteroatoms. The fraction of sp³-hybridized carbons (Fsp3) is 0.158. The van der Waals surface area contributed by atoms with Crippen molar-refractivity contribution >= 4 is 28.4 Å². The van der Waals surface area contributed by atoms with E-state index in [2.05, 4.69) is 27.9 Å². The van der Waals surface area contributed by atoms with Gasteiger partial charge in [0.1, 0.15) is 5.37 Å². The molecule has 1 aromatic carbocycles. The molecule has 0 radical (unpaired) electrons. The fourth-order valence-corrected chi connectivity index (χ4v) is 3.93. The van der Waals surface area contributed by atoms with Crippen LogP contribution in [-0.4, -0.2) is 15.3 Å². The van der Waals surface area contributed by atoms with Crippen molar-refractivity contribution in [3.63, 3.8) is 0 Å². The van der Waals surface area contributed by atoms with E-state index in [9.17, 15) is 4.79 Å². The smallest absolute Gasteiger partial charge is 0.211 e. The monoisotopic (exact) mass is 335 g/mol. The molecule has 0 spiro atoms. The first-order valence-corrected chi connectivity index (χ1v) is 8.87. The van der Waals surface area contributed by atoms with Gasteiger partial charge in [-0.15, -0.1) is 11.8 Å². The Balaban J connectivity index is 1.64. The number of pyridine rings is 1.